The fraction of sp³-hybridized carbons (Fsp3) is 0.600. The van der Waals surface area contributed by atoms with Crippen molar-refractivity contribution in [1.29, 1.82) is 0 Å². The third kappa shape index (κ3) is 9.33. The maximum absolute atomic E-state index is 11.7. The molecule has 0 fully saturated rings. The minimum atomic E-state index is 0.117. The largest absolute Gasteiger partial charge is 0.352 e. The molecule has 1 aromatic rings. The standard InChI is InChI=1S/C20H32N2O2/c1-3-5-7-9-19(23)21-15-17-11-13-18(14-12-17)16-22-20(24)10-8-6-4-2/h11-14H,3-10,15-16H2,1-2H3,(H,21,23)(H,22,24). The minimum Gasteiger partial charge on any atom is -0.352 e. The van der Waals surface area contributed by atoms with Gasteiger partial charge in [0, 0.05) is 25.9 Å². The first-order chi connectivity index (χ1) is 11.7. The van der Waals surface area contributed by atoms with Crippen molar-refractivity contribution in [2.75, 3.05) is 0 Å². The van der Waals surface area contributed by atoms with Crippen LogP contribution in [0.5, 0.6) is 0 Å². The van der Waals surface area contributed by atoms with Gasteiger partial charge in [-0.05, 0) is 24.0 Å². The summed E-state index contributed by atoms with van der Waals surface area (Å²) in [6, 6.07) is 8.02. The number of amides is 2. The third-order valence-corrected chi connectivity index (χ3v) is 4.02. The van der Waals surface area contributed by atoms with Gasteiger partial charge in [0.25, 0.3) is 0 Å². The van der Waals surface area contributed by atoms with Gasteiger partial charge >= 0.3 is 0 Å². The maximum atomic E-state index is 11.7. The van der Waals surface area contributed by atoms with Gasteiger partial charge < -0.3 is 10.6 Å². The predicted octanol–water partition coefficient (Wildman–Crippen LogP) is 4.08. The van der Waals surface area contributed by atoms with E-state index in [0.717, 1.165) is 49.7 Å². The van der Waals surface area contributed by atoms with Gasteiger partial charge in [-0.3, -0.25) is 9.59 Å². The van der Waals surface area contributed by atoms with Crippen LogP contribution >= 0.6 is 0 Å². The molecule has 2 amide bonds. The zero-order chi connectivity index (χ0) is 17.6. The van der Waals surface area contributed by atoms with Crippen molar-refractivity contribution in [1.82, 2.24) is 10.6 Å². The van der Waals surface area contributed by atoms with Gasteiger partial charge in [-0.1, -0.05) is 63.8 Å². The maximum Gasteiger partial charge on any atom is 0.220 e. The van der Waals surface area contributed by atoms with E-state index < -0.39 is 0 Å². The van der Waals surface area contributed by atoms with Crippen LogP contribution in [0.3, 0.4) is 0 Å². The molecule has 4 nitrogen and oxygen atoms in total. The summed E-state index contributed by atoms with van der Waals surface area (Å²) in [5.74, 6) is 0.235. The van der Waals surface area contributed by atoms with Gasteiger partial charge in [-0.2, -0.15) is 0 Å². The molecule has 1 aromatic carbocycles. The molecule has 0 aromatic heterocycles. The highest BCUT2D eigenvalue weighted by molar-refractivity contribution is 5.76. The molecule has 0 heterocycles. The molecule has 1 rings (SSSR count). The highest BCUT2D eigenvalue weighted by Crippen LogP contribution is 2.06. The van der Waals surface area contributed by atoms with Crippen molar-refractivity contribution in [3.8, 4) is 0 Å². The van der Waals surface area contributed by atoms with E-state index in [1.165, 1.54) is 0 Å². The first kappa shape index (κ1) is 20.2. The monoisotopic (exact) mass is 332 g/mol. The number of carbonyl (C=O) groups is 2. The second kappa shape index (κ2) is 12.6. The molecule has 0 aliphatic heterocycles. The molecule has 24 heavy (non-hydrogen) atoms. The van der Waals surface area contributed by atoms with E-state index in [-0.39, 0.29) is 11.8 Å². The van der Waals surface area contributed by atoms with Crippen LogP contribution in [-0.2, 0) is 22.7 Å². The quantitative estimate of drug-likeness (QED) is 0.567. The van der Waals surface area contributed by atoms with Gasteiger partial charge in [0.2, 0.25) is 11.8 Å². The zero-order valence-corrected chi connectivity index (χ0v) is 15.2. The SMILES string of the molecule is CCCCCC(=O)NCc1ccc(CNC(=O)CCCCC)cc1. The van der Waals surface area contributed by atoms with Gasteiger partial charge in [0.15, 0.2) is 0 Å². The summed E-state index contributed by atoms with van der Waals surface area (Å²) >= 11 is 0. The summed E-state index contributed by atoms with van der Waals surface area (Å²) in [4.78, 5) is 23.4. The molecule has 4 heteroatoms. The number of unbranched alkanes of at least 4 members (excludes halogenated alkanes) is 4. The number of carbonyl (C=O) groups excluding carboxylic acids is 2. The number of hydrogen-bond donors (Lipinski definition) is 2. The molecule has 0 aliphatic carbocycles. The lowest BCUT2D eigenvalue weighted by molar-refractivity contribution is -0.122. The fourth-order valence-electron chi connectivity index (χ4n) is 2.42. The Bertz CT molecular complexity index is 438. The van der Waals surface area contributed by atoms with E-state index in [0.29, 0.717) is 25.9 Å². The van der Waals surface area contributed by atoms with Gasteiger partial charge in [0.1, 0.15) is 0 Å². The van der Waals surface area contributed by atoms with Crippen molar-refractivity contribution in [3.05, 3.63) is 35.4 Å². The minimum absolute atomic E-state index is 0.117. The van der Waals surface area contributed by atoms with Gasteiger partial charge in [-0.15, -0.1) is 0 Å². The van der Waals surface area contributed by atoms with Crippen LogP contribution in [0.1, 0.15) is 76.3 Å². The first-order valence-corrected chi connectivity index (χ1v) is 9.27. The van der Waals surface area contributed by atoms with Crippen LogP contribution < -0.4 is 10.6 Å². The van der Waals surface area contributed by atoms with Crippen molar-refractivity contribution in [2.45, 2.75) is 78.3 Å². The average molecular weight is 332 g/mol. The van der Waals surface area contributed by atoms with Crippen molar-refractivity contribution >= 4 is 11.8 Å². The molecular formula is C20H32N2O2. The smallest absolute Gasteiger partial charge is 0.220 e. The molecule has 134 valence electrons. The van der Waals surface area contributed by atoms with Crippen LogP contribution in [0.2, 0.25) is 0 Å². The van der Waals surface area contributed by atoms with Crippen molar-refractivity contribution < 1.29 is 9.59 Å². The molecule has 2 N–H and O–H groups in total. The normalized spacial score (nSPS) is 10.4. The van der Waals surface area contributed by atoms with E-state index >= 15 is 0 Å². The highest BCUT2D eigenvalue weighted by Gasteiger charge is 2.03. The van der Waals surface area contributed by atoms with E-state index in [9.17, 15) is 9.59 Å². The van der Waals surface area contributed by atoms with Crippen LogP contribution in [-0.4, -0.2) is 11.8 Å². The Labute approximate surface area is 146 Å². The second-order valence-electron chi connectivity index (χ2n) is 6.28. The second-order valence-corrected chi connectivity index (χ2v) is 6.28. The van der Waals surface area contributed by atoms with Gasteiger partial charge in [0.05, 0.1) is 0 Å². The van der Waals surface area contributed by atoms with E-state index in [1.54, 1.807) is 0 Å². The topological polar surface area (TPSA) is 58.2 Å². The lowest BCUT2D eigenvalue weighted by Gasteiger charge is -2.08. The molecule has 0 saturated heterocycles. The Hall–Kier alpha value is -1.84. The van der Waals surface area contributed by atoms with Crippen LogP contribution in [0, 0.1) is 0 Å². The number of nitrogens with one attached hydrogen (secondary N) is 2. The summed E-state index contributed by atoms with van der Waals surface area (Å²) < 4.78 is 0. The van der Waals surface area contributed by atoms with Crippen LogP contribution in [0.25, 0.3) is 0 Å². The van der Waals surface area contributed by atoms with Crippen LogP contribution in [0.15, 0.2) is 24.3 Å². The number of hydrogen-bond acceptors (Lipinski definition) is 2. The van der Waals surface area contributed by atoms with E-state index in [2.05, 4.69) is 24.5 Å². The third-order valence-electron chi connectivity index (χ3n) is 4.02. The molecule has 0 bridgehead atoms. The zero-order valence-electron chi connectivity index (χ0n) is 15.2. The van der Waals surface area contributed by atoms with Gasteiger partial charge in [-0.25, -0.2) is 0 Å². The molecule has 0 spiro atoms. The Balaban J connectivity index is 2.25. The van der Waals surface area contributed by atoms with E-state index in [1.807, 2.05) is 24.3 Å². The molecular weight excluding hydrogens is 300 g/mol. The number of rotatable bonds is 12. The first-order valence-electron chi connectivity index (χ1n) is 9.27. The molecule has 0 unspecified atom stereocenters. The van der Waals surface area contributed by atoms with E-state index in [4.69, 9.17) is 0 Å². The molecule has 0 radical (unpaired) electrons. The van der Waals surface area contributed by atoms with Crippen molar-refractivity contribution in [3.63, 3.8) is 0 Å². The Kier molecular flexibility index (Phi) is 10.6. The Morgan fingerprint density at radius 1 is 0.708 bits per heavy atom. The summed E-state index contributed by atoms with van der Waals surface area (Å²) in [6.45, 7) is 5.39. The predicted molar refractivity (Wildman–Crippen MR) is 98.4 cm³/mol. The summed E-state index contributed by atoms with van der Waals surface area (Å²) in [6.07, 6.45) is 7.59. The van der Waals surface area contributed by atoms with Crippen LogP contribution in [0.4, 0.5) is 0 Å². The molecule has 0 aliphatic rings. The lowest BCUT2D eigenvalue weighted by Crippen LogP contribution is -2.23. The molecule has 0 atom stereocenters. The fourth-order valence-corrected chi connectivity index (χ4v) is 2.42. The molecule has 0 saturated carbocycles. The average Bonchev–Trinajstić information content (AvgIpc) is 2.59. The Morgan fingerprint density at radius 3 is 1.42 bits per heavy atom. The highest BCUT2D eigenvalue weighted by atomic mass is 16.2. The Morgan fingerprint density at radius 2 is 1.08 bits per heavy atom. The summed E-state index contributed by atoms with van der Waals surface area (Å²) in [7, 11) is 0. The summed E-state index contributed by atoms with van der Waals surface area (Å²) in [5, 5.41) is 5.90. The van der Waals surface area contributed by atoms with Crippen molar-refractivity contribution in [2.24, 2.45) is 0 Å². The lowest BCUT2D eigenvalue weighted by atomic mass is 10.1. The summed E-state index contributed by atoms with van der Waals surface area (Å²) in [5.41, 5.74) is 2.16. The number of benzene rings is 1.